The Morgan fingerprint density at radius 1 is 1.62 bits per heavy atom. The highest BCUT2D eigenvalue weighted by molar-refractivity contribution is 7.16. The van der Waals surface area contributed by atoms with E-state index in [1.54, 1.807) is 0 Å². The highest BCUT2D eigenvalue weighted by atomic mass is 35.5. The third-order valence-electron chi connectivity index (χ3n) is 3.47. The zero-order chi connectivity index (χ0) is 11.6. The van der Waals surface area contributed by atoms with Crippen molar-refractivity contribution in [3.63, 3.8) is 0 Å². The lowest BCUT2D eigenvalue weighted by Crippen LogP contribution is -2.35. The number of nitrogens with zero attached hydrogens (tertiary/aromatic N) is 2. The van der Waals surface area contributed by atoms with Crippen LogP contribution in [0.25, 0.3) is 0 Å². The Hall–Kier alpha value is -0.790. The molecule has 0 bridgehead atoms. The van der Waals surface area contributed by atoms with Crippen LogP contribution in [0, 0.1) is 16.7 Å². The topological polar surface area (TPSA) is 48.7 Å². The molecule has 0 amide bonds. The molecule has 1 N–H and O–H groups in total. The first kappa shape index (κ1) is 11.7. The second-order valence-corrected chi connectivity index (χ2v) is 5.67. The number of anilines is 1. The Balaban J connectivity index is 1.97. The Labute approximate surface area is 104 Å². The van der Waals surface area contributed by atoms with Gasteiger partial charge in [-0.05, 0) is 24.7 Å². The summed E-state index contributed by atoms with van der Waals surface area (Å²) in [6.07, 6.45) is 5.11. The molecule has 86 valence electrons. The van der Waals surface area contributed by atoms with Gasteiger partial charge in [-0.3, -0.25) is 0 Å². The molecule has 1 saturated carbocycles. The molecule has 1 aromatic heterocycles. The molecule has 16 heavy (non-hydrogen) atoms. The summed E-state index contributed by atoms with van der Waals surface area (Å²) in [7, 11) is 0. The molecular weight excluding hydrogens is 242 g/mol. The predicted octanol–water partition coefficient (Wildman–Crippen LogP) is 3.66. The van der Waals surface area contributed by atoms with Gasteiger partial charge < -0.3 is 5.32 Å². The highest BCUT2D eigenvalue weighted by Gasteiger charge is 2.34. The summed E-state index contributed by atoms with van der Waals surface area (Å²) in [6.45, 7) is 3.18. The monoisotopic (exact) mass is 255 g/mol. The largest absolute Gasteiger partial charge is 0.361 e. The van der Waals surface area contributed by atoms with Crippen molar-refractivity contribution in [1.29, 1.82) is 5.26 Å². The fourth-order valence-electron chi connectivity index (χ4n) is 2.04. The molecule has 1 fully saturated rings. The Morgan fingerprint density at radius 2 is 2.38 bits per heavy atom. The van der Waals surface area contributed by atoms with Crippen LogP contribution < -0.4 is 5.32 Å². The third kappa shape index (κ3) is 2.16. The molecule has 0 spiro atoms. The lowest BCUT2D eigenvalue weighted by atomic mass is 9.67. The van der Waals surface area contributed by atoms with Crippen molar-refractivity contribution in [1.82, 2.24) is 4.98 Å². The zero-order valence-electron chi connectivity index (χ0n) is 9.22. The fraction of sp³-hybridized carbons (Fsp3) is 0.636. The van der Waals surface area contributed by atoms with Crippen LogP contribution in [0.5, 0.6) is 0 Å². The molecule has 1 aromatic rings. The number of nitrogens with one attached hydrogen (secondary N) is 1. The highest BCUT2D eigenvalue weighted by Crippen LogP contribution is 2.44. The second-order valence-electron chi connectivity index (χ2n) is 4.31. The van der Waals surface area contributed by atoms with Gasteiger partial charge in [-0.1, -0.05) is 36.3 Å². The zero-order valence-corrected chi connectivity index (χ0v) is 10.8. The minimum absolute atomic E-state index is 0.314. The number of nitriles is 1. The molecule has 0 atom stereocenters. The van der Waals surface area contributed by atoms with Crippen molar-refractivity contribution in [2.75, 3.05) is 11.9 Å². The van der Waals surface area contributed by atoms with E-state index >= 15 is 0 Å². The minimum Gasteiger partial charge on any atom is -0.361 e. The van der Waals surface area contributed by atoms with E-state index in [4.69, 9.17) is 16.9 Å². The van der Waals surface area contributed by atoms with Gasteiger partial charge in [0.25, 0.3) is 0 Å². The molecule has 0 saturated heterocycles. The van der Waals surface area contributed by atoms with Gasteiger partial charge in [0.2, 0.25) is 0 Å². The number of halogens is 1. The van der Waals surface area contributed by atoms with Gasteiger partial charge in [0.05, 0.1) is 0 Å². The first-order valence-electron chi connectivity index (χ1n) is 5.49. The van der Waals surface area contributed by atoms with Gasteiger partial charge >= 0.3 is 0 Å². The van der Waals surface area contributed by atoms with Gasteiger partial charge in [-0.15, -0.1) is 0 Å². The Bertz CT molecular complexity index is 412. The molecule has 1 aliphatic carbocycles. The van der Waals surface area contributed by atoms with Gasteiger partial charge in [-0.2, -0.15) is 5.26 Å². The smallest absolute Gasteiger partial charge is 0.185 e. The molecule has 3 nitrogen and oxygen atoms in total. The van der Waals surface area contributed by atoms with Crippen LogP contribution in [0.2, 0.25) is 5.15 Å². The summed E-state index contributed by atoms with van der Waals surface area (Å²) in [5, 5.41) is 13.2. The normalized spacial score (nSPS) is 17.6. The van der Waals surface area contributed by atoms with Crippen molar-refractivity contribution in [3.8, 4) is 6.07 Å². The number of hydrogen-bond donors (Lipinski definition) is 1. The maximum absolute atomic E-state index is 8.77. The van der Waals surface area contributed by atoms with Gasteiger partial charge in [0.15, 0.2) is 10.3 Å². The summed E-state index contributed by atoms with van der Waals surface area (Å²) < 4.78 is 0. The first-order valence-corrected chi connectivity index (χ1v) is 6.69. The van der Waals surface area contributed by atoms with Crippen LogP contribution >= 0.6 is 22.9 Å². The summed E-state index contributed by atoms with van der Waals surface area (Å²) in [5.74, 6) is 0. The van der Waals surface area contributed by atoms with Crippen molar-refractivity contribution >= 4 is 28.1 Å². The molecule has 1 aliphatic rings. The van der Waals surface area contributed by atoms with E-state index in [0.29, 0.717) is 15.4 Å². The number of aromatic nitrogens is 1. The van der Waals surface area contributed by atoms with E-state index in [2.05, 4.69) is 17.2 Å². The van der Waals surface area contributed by atoms with E-state index in [1.807, 2.05) is 6.07 Å². The van der Waals surface area contributed by atoms with Crippen molar-refractivity contribution in [2.24, 2.45) is 5.41 Å². The maximum Gasteiger partial charge on any atom is 0.185 e. The average molecular weight is 256 g/mol. The molecule has 0 aromatic carbocycles. The number of rotatable bonds is 4. The summed E-state index contributed by atoms with van der Waals surface area (Å²) in [5.41, 5.74) is 0.449. The lowest BCUT2D eigenvalue weighted by molar-refractivity contribution is 0.145. The lowest BCUT2D eigenvalue weighted by Gasteiger charge is -2.41. The van der Waals surface area contributed by atoms with Crippen LogP contribution in [-0.2, 0) is 0 Å². The summed E-state index contributed by atoms with van der Waals surface area (Å²) in [6, 6.07) is 2.04. The summed E-state index contributed by atoms with van der Waals surface area (Å²) >= 11 is 7.14. The number of hydrogen-bond acceptors (Lipinski definition) is 4. The van der Waals surface area contributed by atoms with Crippen molar-refractivity contribution in [2.45, 2.75) is 32.6 Å². The molecule has 5 heteroatoms. The third-order valence-corrected chi connectivity index (χ3v) is 4.77. The quantitative estimate of drug-likeness (QED) is 0.893. The van der Waals surface area contributed by atoms with Gasteiger partial charge in [0.1, 0.15) is 10.9 Å². The molecule has 2 rings (SSSR count). The van der Waals surface area contributed by atoms with Crippen LogP contribution in [0.3, 0.4) is 0 Å². The van der Waals surface area contributed by atoms with E-state index in [1.165, 1.54) is 37.0 Å². The molecule has 0 radical (unpaired) electrons. The van der Waals surface area contributed by atoms with Crippen molar-refractivity contribution < 1.29 is 0 Å². The van der Waals surface area contributed by atoms with Crippen LogP contribution in [0.4, 0.5) is 5.13 Å². The Kier molecular flexibility index (Phi) is 3.36. The second kappa shape index (κ2) is 4.60. The number of thiazole rings is 1. The standard InChI is InChI=1S/C11H14ClN3S/c1-2-11(4-3-5-11)7-14-10-15-9(12)8(6-13)16-10/h2-5,7H2,1H3,(H,14,15). The van der Waals surface area contributed by atoms with Crippen LogP contribution in [-0.4, -0.2) is 11.5 Å². The molecule has 0 unspecified atom stereocenters. The van der Waals surface area contributed by atoms with E-state index < -0.39 is 0 Å². The van der Waals surface area contributed by atoms with Gasteiger partial charge in [0, 0.05) is 6.54 Å². The van der Waals surface area contributed by atoms with Crippen molar-refractivity contribution in [3.05, 3.63) is 10.0 Å². The molecular formula is C11H14ClN3S. The maximum atomic E-state index is 8.77. The fourth-order valence-corrected chi connectivity index (χ4v) is 2.98. The van der Waals surface area contributed by atoms with Crippen LogP contribution in [0.1, 0.15) is 37.5 Å². The molecule has 1 heterocycles. The molecule has 0 aliphatic heterocycles. The van der Waals surface area contributed by atoms with E-state index in [9.17, 15) is 0 Å². The Morgan fingerprint density at radius 3 is 2.81 bits per heavy atom. The minimum atomic E-state index is 0.314. The van der Waals surface area contributed by atoms with E-state index in [-0.39, 0.29) is 0 Å². The summed E-state index contributed by atoms with van der Waals surface area (Å²) in [4.78, 5) is 4.62. The van der Waals surface area contributed by atoms with E-state index in [0.717, 1.165) is 11.7 Å². The van der Waals surface area contributed by atoms with Crippen LogP contribution in [0.15, 0.2) is 0 Å². The average Bonchev–Trinajstić information content (AvgIpc) is 2.58. The SMILES string of the molecule is CCC1(CNc2nc(Cl)c(C#N)s2)CCC1. The van der Waals surface area contributed by atoms with Gasteiger partial charge in [-0.25, -0.2) is 4.98 Å². The predicted molar refractivity (Wildman–Crippen MR) is 66.9 cm³/mol. The first-order chi connectivity index (χ1) is 7.69.